The van der Waals surface area contributed by atoms with Gasteiger partial charge in [-0.25, -0.2) is 0 Å². The van der Waals surface area contributed by atoms with Crippen molar-refractivity contribution >= 4 is 0 Å². The van der Waals surface area contributed by atoms with Crippen LogP contribution >= 0.6 is 0 Å². The first-order chi connectivity index (χ1) is 11.2. The normalized spacial score (nSPS) is 14.1. The van der Waals surface area contributed by atoms with E-state index in [9.17, 15) is 5.11 Å². The molecule has 0 unspecified atom stereocenters. The summed E-state index contributed by atoms with van der Waals surface area (Å²) >= 11 is 0. The molecular weight excluding hydrogens is 288 g/mol. The summed E-state index contributed by atoms with van der Waals surface area (Å²) in [7, 11) is 0. The smallest absolute Gasteiger partial charge is 0.103 e. The predicted octanol–water partition coefficient (Wildman–Crippen LogP) is 5.23. The molecule has 0 aromatic heterocycles. The molecule has 0 aliphatic carbocycles. The second-order valence-corrected chi connectivity index (χ2v) is 6.92. The molecule has 140 valence electrons. The monoisotopic (exact) mass is 330 g/mol. The highest BCUT2D eigenvalue weighted by Gasteiger charge is 2.12. The number of aliphatic hydroxyl groups is 2. The van der Waals surface area contributed by atoms with Gasteiger partial charge in [-0.1, -0.05) is 90.4 Å². The summed E-state index contributed by atoms with van der Waals surface area (Å²) in [5, 5.41) is 18.2. The molecule has 2 atom stereocenters. The summed E-state index contributed by atoms with van der Waals surface area (Å²) in [5.41, 5.74) is 0. The van der Waals surface area contributed by atoms with E-state index in [-0.39, 0.29) is 12.7 Å². The molecule has 0 rings (SSSR count). The minimum absolute atomic E-state index is 0.222. The van der Waals surface area contributed by atoms with Crippen LogP contribution in [-0.2, 0) is 4.74 Å². The van der Waals surface area contributed by atoms with Crippen LogP contribution in [-0.4, -0.2) is 35.6 Å². The fourth-order valence-electron chi connectivity index (χ4n) is 2.83. The van der Waals surface area contributed by atoms with Gasteiger partial charge in [0.05, 0.1) is 12.7 Å². The lowest BCUT2D eigenvalue weighted by molar-refractivity contribution is -0.0490. The molecule has 0 aromatic rings. The molecular formula is C20H42O3. The van der Waals surface area contributed by atoms with E-state index in [1.807, 2.05) is 6.92 Å². The van der Waals surface area contributed by atoms with E-state index in [2.05, 4.69) is 6.92 Å². The highest BCUT2D eigenvalue weighted by molar-refractivity contribution is 4.61. The standard InChI is InChI=1S/C20H42O3/c1-3-4-5-6-7-8-9-10-11-12-13-14-15-16-17-23-19(2)20(22)18-21/h19-22H,3-18H2,1-2H3/t19-,20-/m1/s1. The Hall–Kier alpha value is -0.120. The van der Waals surface area contributed by atoms with Crippen molar-refractivity contribution in [2.75, 3.05) is 13.2 Å². The summed E-state index contributed by atoms with van der Waals surface area (Å²) in [6, 6.07) is 0. The third kappa shape index (κ3) is 16.5. The first-order valence-electron chi connectivity index (χ1n) is 10.1. The van der Waals surface area contributed by atoms with Crippen LogP contribution in [0, 0.1) is 0 Å². The van der Waals surface area contributed by atoms with E-state index in [0.29, 0.717) is 6.61 Å². The molecule has 3 nitrogen and oxygen atoms in total. The number of unbranched alkanes of at least 4 members (excludes halogenated alkanes) is 13. The van der Waals surface area contributed by atoms with Crippen molar-refractivity contribution in [3.8, 4) is 0 Å². The number of ether oxygens (including phenoxy) is 1. The largest absolute Gasteiger partial charge is 0.394 e. The van der Waals surface area contributed by atoms with E-state index in [1.54, 1.807) is 0 Å². The van der Waals surface area contributed by atoms with Crippen molar-refractivity contribution in [3.63, 3.8) is 0 Å². The van der Waals surface area contributed by atoms with Gasteiger partial charge in [0.15, 0.2) is 0 Å². The Labute approximate surface area is 144 Å². The number of aliphatic hydroxyl groups excluding tert-OH is 2. The fourth-order valence-corrected chi connectivity index (χ4v) is 2.83. The Morgan fingerprint density at radius 2 is 1.09 bits per heavy atom. The average molecular weight is 331 g/mol. The zero-order valence-electron chi connectivity index (χ0n) is 15.8. The van der Waals surface area contributed by atoms with Crippen LogP contribution in [0.2, 0.25) is 0 Å². The molecule has 0 bridgehead atoms. The van der Waals surface area contributed by atoms with Crippen molar-refractivity contribution in [2.24, 2.45) is 0 Å². The Balaban J connectivity index is 3.08. The summed E-state index contributed by atoms with van der Waals surface area (Å²) in [6.07, 6.45) is 18.0. The molecule has 0 heterocycles. The average Bonchev–Trinajstić information content (AvgIpc) is 2.57. The van der Waals surface area contributed by atoms with Crippen molar-refractivity contribution in [1.29, 1.82) is 0 Å². The predicted molar refractivity (Wildman–Crippen MR) is 98.8 cm³/mol. The van der Waals surface area contributed by atoms with Crippen molar-refractivity contribution in [1.82, 2.24) is 0 Å². The molecule has 0 saturated carbocycles. The summed E-state index contributed by atoms with van der Waals surface area (Å²) < 4.78 is 5.49. The van der Waals surface area contributed by atoms with Crippen LogP contribution in [0.25, 0.3) is 0 Å². The molecule has 0 saturated heterocycles. The summed E-state index contributed by atoms with van der Waals surface area (Å²) in [6.45, 7) is 4.55. The fraction of sp³-hybridized carbons (Fsp3) is 1.00. The van der Waals surface area contributed by atoms with Gasteiger partial charge in [-0.05, 0) is 13.3 Å². The van der Waals surface area contributed by atoms with Gasteiger partial charge in [-0.2, -0.15) is 0 Å². The molecule has 0 fully saturated rings. The lowest BCUT2D eigenvalue weighted by Gasteiger charge is -2.17. The molecule has 0 aromatic carbocycles. The minimum atomic E-state index is -0.748. The number of rotatable bonds is 18. The second-order valence-electron chi connectivity index (χ2n) is 6.92. The zero-order chi connectivity index (χ0) is 17.2. The second kappa shape index (κ2) is 18.2. The highest BCUT2D eigenvalue weighted by atomic mass is 16.5. The minimum Gasteiger partial charge on any atom is -0.394 e. The molecule has 0 radical (unpaired) electrons. The van der Waals surface area contributed by atoms with Crippen LogP contribution in [0.5, 0.6) is 0 Å². The van der Waals surface area contributed by atoms with E-state index in [4.69, 9.17) is 9.84 Å². The van der Waals surface area contributed by atoms with Gasteiger partial charge < -0.3 is 14.9 Å². The Morgan fingerprint density at radius 1 is 0.696 bits per heavy atom. The van der Waals surface area contributed by atoms with Gasteiger partial charge in [-0.3, -0.25) is 0 Å². The first kappa shape index (κ1) is 22.9. The molecule has 0 spiro atoms. The molecule has 0 aliphatic heterocycles. The van der Waals surface area contributed by atoms with Crippen LogP contribution < -0.4 is 0 Å². The molecule has 0 amide bonds. The van der Waals surface area contributed by atoms with E-state index in [1.165, 1.54) is 83.5 Å². The summed E-state index contributed by atoms with van der Waals surface area (Å²) in [4.78, 5) is 0. The highest BCUT2D eigenvalue weighted by Crippen LogP contribution is 2.13. The van der Waals surface area contributed by atoms with E-state index >= 15 is 0 Å². The maximum Gasteiger partial charge on any atom is 0.103 e. The Bertz CT molecular complexity index is 221. The van der Waals surface area contributed by atoms with Gasteiger partial charge in [0.1, 0.15) is 6.10 Å². The molecule has 0 aliphatic rings. The van der Waals surface area contributed by atoms with Crippen LogP contribution in [0.1, 0.15) is 104 Å². The zero-order valence-corrected chi connectivity index (χ0v) is 15.8. The molecule has 3 heteroatoms. The van der Waals surface area contributed by atoms with Gasteiger partial charge in [0.25, 0.3) is 0 Å². The van der Waals surface area contributed by atoms with Crippen molar-refractivity contribution in [3.05, 3.63) is 0 Å². The molecule has 2 N–H and O–H groups in total. The maximum absolute atomic E-state index is 9.37. The Morgan fingerprint density at radius 3 is 1.48 bits per heavy atom. The topological polar surface area (TPSA) is 49.7 Å². The maximum atomic E-state index is 9.37. The van der Waals surface area contributed by atoms with Gasteiger partial charge in [0.2, 0.25) is 0 Å². The van der Waals surface area contributed by atoms with Gasteiger partial charge >= 0.3 is 0 Å². The first-order valence-corrected chi connectivity index (χ1v) is 10.1. The van der Waals surface area contributed by atoms with Crippen molar-refractivity contribution < 1.29 is 14.9 Å². The summed E-state index contributed by atoms with van der Waals surface area (Å²) in [5.74, 6) is 0. The van der Waals surface area contributed by atoms with E-state index < -0.39 is 6.10 Å². The lowest BCUT2D eigenvalue weighted by atomic mass is 10.0. The number of hydrogen-bond acceptors (Lipinski definition) is 3. The van der Waals surface area contributed by atoms with Crippen LogP contribution in [0.15, 0.2) is 0 Å². The van der Waals surface area contributed by atoms with Gasteiger partial charge in [0, 0.05) is 6.61 Å². The SMILES string of the molecule is CCCCCCCCCCCCCCCCO[C@H](C)[C@H](O)CO. The number of hydrogen-bond donors (Lipinski definition) is 2. The third-order valence-electron chi connectivity index (χ3n) is 4.61. The van der Waals surface area contributed by atoms with E-state index in [0.717, 1.165) is 6.42 Å². The lowest BCUT2D eigenvalue weighted by Crippen LogP contribution is -2.29. The molecule has 23 heavy (non-hydrogen) atoms. The van der Waals surface area contributed by atoms with Crippen LogP contribution in [0.4, 0.5) is 0 Å². The van der Waals surface area contributed by atoms with Crippen LogP contribution in [0.3, 0.4) is 0 Å². The Kier molecular flexibility index (Phi) is 18.1. The quantitative estimate of drug-likeness (QED) is 0.338. The van der Waals surface area contributed by atoms with Crippen molar-refractivity contribution in [2.45, 2.75) is 116 Å². The third-order valence-corrected chi connectivity index (χ3v) is 4.61. The van der Waals surface area contributed by atoms with Gasteiger partial charge in [-0.15, -0.1) is 0 Å².